The van der Waals surface area contributed by atoms with Crippen LogP contribution in [0.15, 0.2) is 47.4 Å². The molecule has 0 aliphatic heterocycles. The SMILES string of the molecule is CCOc1cc(C#N)ccc1OS(=O)(=O)c1ccccc1C(F)(F)F. The maximum absolute atomic E-state index is 13.0. The molecule has 0 saturated heterocycles. The number of nitriles is 1. The summed E-state index contributed by atoms with van der Waals surface area (Å²) in [7, 11) is -4.77. The molecule has 0 N–H and O–H groups in total. The van der Waals surface area contributed by atoms with Crippen LogP contribution < -0.4 is 8.92 Å². The van der Waals surface area contributed by atoms with Gasteiger partial charge in [-0.3, -0.25) is 0 Å². The highest BCUT2D eigenvalue weighted by Crippen LogP contribution is 2.36. The van der Waals surface area contributed by atoms with E-state index in [9.17, 15) is 21.6 Å². The quantitative estimate of drug-likeness (QED) is 0.749. The Hall–Kier alpha value is -2.73. The fraction of sp³-hybridized carbons (Fsp3) is 0.188. The smallest absolute Gasteiger partial charge is 0.417 e. The van der Waals surface area contributed by atoms with Crippen molar-refractivity contribution in [1.29, 1.82) is 5.26 Å². The van der Waals surface area contributed by atoms with Gasteiger partial charge in [0.2, 0.25) is 0 Å². The van der Waals surface area contributed by atoms with E-state index in [-0.39, 0.29) is 23.7 Å². The van der Waals surface area contributed by atoms with Crippen LogP contribution in [0.5, 0.6) is 11.5 Å². The second-order valence-electron chi connectivity index (χ2n) is 4.74. The van der Waals surface area contributed by atoms with Crippen molar-refractivity contribution in [3.05, 3.63) is 53.6 Å². The molecule has 5 nitrogen and oxygen atoms in total. The summed E-state index contributed by atoms with van der Waals surface area (Å²) in [4.78, 5) is -1.01. The Bertz CT molecular complexity index is 918. The van der Waals surface area contributed by atoms with Gasteiger partial charge in [-0.2, -0.15) is 26.9 Å². The van der Waals surface area contributed by atoms with Gasteiger partial charge in [-0.15, -0.1) is 0 Å². The topological polar surface area (TPSA) is 76.4 Å². The molecule has 0 fully saturated rings. The highest BCUT2D eigenvalue weighted by atomic mass is 32.2. The molecule has 0 spiro atoms. The summed E-state index contributed by atoms with van der Waals surface area (Å²) < 4.78 is 73.8. The van der Waals surface area contributed by atoms with Crippen LogP contribution in [0.1, 0.15) is 18.1 Å². The average Bonchev–Trinajstić information content (AvgIpc) is 2.55. The molecule has 2 aromatic carbocycles. The van der Waals surface area contributed by atoms with Gasteiger partial charge in [0.05, 0.1) is 23.8 Å². The Kier molecular flexibility index (Phi) is 5.23. The van der Waals surface area contributed by atoms with Crippen molar-refractivity contribution in [2.75, 3.05) is 6.61 Å². The Labute approximate surface area is 142 Å². The number of hydrogen-bond donors (Lipinski definition) is 0. The molecule has 0 aliphatic carbocycles. The van der Waals surface area contributed by atoms with Crippen LogP contribution in [0.25, 0.3) is 0 Å². The van der Waals surface area contributed by atoms with Gasteiger partial charge in [0.1, 0.15) is 4.90 Å². The van der Waals surface area contributed by atoms with E-state index < -0.39 is 26.8 Å². The van der Waals surface area contributed by atoms with Gasteiger partial charge in [-0.05, 0) is 31.2 Å². The van der Waals surface area contributed by atoms with Crippen LogP contribution in [0.3, 0.4) is 0 Å². The zero-order valence-electron chi connectivity index (χ0n) is 12.9. The van der Waals surface area contributed by atoms with E-state index in [4.69, 9.17) is 14.2 Å². The lowest BCUT2D eigenvalue weighted by Gasteiger charge is -2.15. The van der Waals surface area contributed by atoms with E-state index in [0.29, 0.717) is 6.07 Å². The first-order valence-electron chi connectivity index (χ1n) is 6.96. The van der Waals surface area contributed by atoms with Gasteiger partial charge < -0.3 is 8.92 Å². The third kappa shape index (κ3) is 4.22. The number of hydrogen-bond acceptors (Lipinski definition) is 5. The minimum Gasteiger partial charge on any atom is -0.490 e. The first kappa shape index (κ1) is 18.6. The van der Waals surface area contributed by atoms with Crippen molar-refractivity contribution in [2.45, 2.75) is 18.0 Å². The van der Waals surface area contributed by atoms with Gasteiger partial charge in [0.25, 0.3) is 0 Å². The first-order valence-corrected chi connectivity index (χ1v) is 8.37. The molecule has 2 rings (SSSR count). The van der Waals surface area contributed by atoms with Crippen LogP contribution in [-0.4, -0.2) is 15.0 Å². The minimum absolute atomic E-state index is 0.0605. The molecule has 0 amide bonds. The predicted octanol–water partition coefficient (Wildman–Crippen LogP) is 3.74. The molecular weight excluding hydrogens is 359 g/mol. The molecule has 0 aliphatic rings. The maximum Gasteiger partial charge on any atom is 0.417 e. The number of nitrogens with zero attached hydrogens (tertiary/aromatic N) is 1. The van der Waals surface area contributed by atoms with E-state index >= 15 is 0 Å². The standard InChI is InChI=1S/C16H12F3NO4S/c1-2-23-14-9-11(10-20)7-8-13(14)24-25(21,22)15-6-4-3-5-12(15)16(17,18)19/h3-9H,2H2,1H3. The Balaban J connectivity index is 2.49. The molecule has 0 heterocycles. The van der Waals surface area contributed by atoms with Gasteiger partial charge in [0.15, 0.2) is 11.5 Å². The van der Waals surface area contributed by atoms with Crippen molar-refractivity contribution in [2.24, 2.45) is 0 Å². The Morgan fingerprint density at radius 2 is 1.80 bits per heavy atom. The lowest BCUT2D eigenvalue weighted by Crippen LogP contribution is -2.17. The first-order chi connectivity index (χ1) is 11.7. The van der Waals surface area contributed by atoms with Crippen LogP contribution >= 0.6 is 0 Å². The maximum atomic E-state index is 13.0. The van der Waals surface area contributed by atoms with E-state index in [1.54, 1.807) is 6.92 Å². The molecule has 0 atom stereocenters. The van der Waals surface area contributed by atoms with Crippen molar-refractivity contribution in [1.82, 2.24) is 0 Å². The van der Waals surface area contributed by atoms with Crippen molar-refractivity contribution >= 4 is 10.1 Å². The van der Waals surface area contributed by atoms with E-state index in [1.165, 1.54) is 12.1 Å². The van der Waals surface area contributed by atoms with Crippen molar-refractivity contribution in [3.63, 3.8) is 0 Å². The van der Waals surface area contributed by atoms with Gasteiger partial charge in [-0.1, -0.05) is 12.1 Å². The summed E-state index contributed by atoms with van der Waals surface area (Å²) in [6, 6.07) is 9.20. The highest BCUT2D eigenvalue weighted by molar-refractivity contribution is 7.87. The lowest BCUT2D eigenvalue weighted by atomic mass is 10.2. The molecule has 9 heteroatoms. The number of alkyl halides is 3. The van der Waals surface area contributed by atoms with Crippen LogP contribution in [0, 0.1) is 11.3 Å². The molecule has 0 aromatic heterocycles. The second kappa shape index (κ2) is 7.03. The zero-order valence-corrected chi connectivity index (χ0v) is 13.7. The monoisotopic (exact) mass is 371 g/mol. The van der Waals surface area contributed by atoms with Gasteiger partial charge >= 0.3 is 16.3 Å². The van der Waals surface area contributed by atoms with Gasteiger partial charge in [-0.25, -0.2) is 0 Å². The third-order valence-electron chi connectivity index (χ3n) is 3.03. The molecule has 0 saturated carbocycles. The highest BCUT2D eigenvalue weighted by Gasteiger charge is 2.37. The second-order valence-corrected chi connectivity index (χ2v) is 6.25. The molecule has 2 aromatic rings. The Morgan fingerprint density at radius 3 is 2.40 bits per heavy atom. The van der Waals surface area contributed by atoms with Crippen molar-refractivity contribution in [3.8, 4) is 17.6 Å². The lowest BCUT2D eigenvalue weighted by molar-refractivity contribution is -0.139. The number of benzene rings is 2. The largest absolute Gasteiger partial charge is 0.490 e. The molecule has 0 unspecified atom stereocenters. The van der Waals surface area contributed by atoms with Crippen LogP contribution in [0.4, 0.5) is 13.2 Å². The van der Waals surface area contributed by atoms with Crippen LogP contribution in [0.2, 0.25) is 0 Å². The zero-order chi connectivity index (χ0) is 18.7. The summed E-state index contributed by atoms with van der Waals surface area (Å²) in [5.74, 6) is -0.368. The minimum atomic E-state index is -4.86. The summed E-state index contributed by atoms with van der Waals surface area (Å²) in [5.41, 5.74) is -1.15. The van der Waals surface area contributed by atoms with E-state index in [2.05, 4.69) is 0 Å². The molecule has 0 radical (unpaired) electrons. The summed E-state index contributed by atoms with van der Waals surface area (Å²) in [6.07, 6.45) is -4.86. The number of halogens is 3. The fourth-order valence-electron chi connectivity index (χ4n) is 2.00. The van der Waals surface area contributed by atoms with Crippen molar-refractivity contribution < 1.29 is 30.5 Å². The molecule has 0 bridgehead atoms. The summed E-state index contributed by atoms with van der Waals surface area (Å²) >= 11 is 0. The van der Waals surface area contributed by atoms with Crippen LogP contribution in [-0.2, 0) is 16.3 Å². The molecule has 25 heavy (non-hydrogen) atoms. The van der Waals surface area contributed by atoms with E-state index in [0.717, 1.165) is 24.3 Å². The predicted molar refractivity (Wildman–Crippen MR) is 81.6 cm³/mol. The third-order valence-corrected chi connectivity index (χ3v) is 4.33. The summed E-state index contributed by atoms with van der Waals surface area (Å²) in [5, 5.41) is 8.87. The van der Waals surface area contributed by atoms with E-state index in [1.807, 2.05) is 6.07 Å². The summed E-state index contributed by atoms with van der Waals surface area (Å²) in [6.45, 7) is 1.76. The Morgan fingerprint density at radius 1 is 1.12 bits per heavy atom. The average molecular weight is 371 g/mol. The fourth-order valence-corrected chi connectivity index (χ4v) is 3.16. The number of ether oxygens (including phenoxy) is 1. The normalized spacial score (nSPS) is 11.6. The molecular formula is C16H12F3NO4S. The van der Waals surface area contributed by atoms with Gasteiger partial charge in [0, 0.05) is 6.07 Å². The molecule has 132 valence electrons. The number of rotatable bonds is 5.